The molecular formula is C11H18O. The van der Waals surface area contributed by atoms with Crippen LogP contribution in [0.1, 0.15) is 39.5 Å². The molecule has 0 radical (unpaired) electrons. The third kappa shape index (κ3) is 7.37. The van der Waals surface area contributed by atoms with Gasteiger partial charge in [-0.2, -0.15) is 0 Å². The quantitative estimate of drug-likeness (QED) is 0.386. The summed E-state index contributed by atoms with van der Waals surface area (Å²) in [6, 6.07) is 0. The lowest BCUT2D eigenvalue weighted by atomic mass is 10.1. The van der Waals surface area contributed by atoms with Crippen molar-refractivity contribution < 1.29 is 5.11 Å². The SMILES string of the molecule is CCC#CCC/C=C(\C)CCO. The van der Waals surface area contributed by atoms with Gasteiger partial charge in [0.1, 0.15) is 0 Å². The van der Waals surface area contributed by atoms with Crippen molar-refractivity contribution >= 4 is 0 Å². The lowest BCUT2D eigenvalue weighted by Gasteiger charge is -1.94. The minimum Gasteiger partial charge on any atom is -0.396 e. The lowest BCUT2D eigenvalue weighted by Crippen LogP contribution is -1.83. The maximum Gasteiger partial charge on any atom is 0.0468 e. The van der Waals surface area contributed by atoms with E-state index in [1.807, 2.05) is 6.92 Å². The standard InChI is InChI=1S/C11H18O/c1-3-4-5-6-7-8-11(2)9-10-12/h8,12H,3,6-7,9-10H2,1-2H3/b11-8+. The molecule has 0 fully saturated rings. The first-order valence-electron chi connectivity index (χ1n) is 4.53. The Labute approximate surface area is 75.5 Å². The van der Waals surface area contributed by atoms with Gasteiger partial charge in [-0.15, -0.1) is 11.8 Å². The highest BCUT2D eigenvalue weighted by molar-refractivity contribution is 5.03. The minimum atomic E-state index is 0.253. The Balaban J connectivity index is 3.45. The van der Waals surface area contributed by atoms with Crippen molar-refractivity contribution in [3.63, 3.8) is 0 Å². The second kappa shape index (κ2) is 8.36. The lowest BCUT2D eigenvalue weighted by molar-refractivity contribution is 0.299. The van der Waals surface area contributed by atoms with Crippen LogP contribution in [0.15, 0.2) is 11.6 Å². The molecule has 1 heteroatoms. The molecule has 0 aromatic rings. The smallest absolute Gasteiger partial charge is 0.0468 e. The molecule has 0 saturated heterocycles. The third-order valence-electron chi connectivity index (χ3n) is 1.57. The normalized spacial score (nSPS) is 10.8. The predicted octanol–water partition coefficient (Wildman–Crippen LogP) is 2.51. The van der Waals surface area contributed by atoms with Gasteiger partial charge in [-0.3, -0.25) is 0 Å². The summed E-state index contributed by atoms with van der Waals surface area (Å²) in [6.07, 6.45) is 5.84. The average Bonchev–Trinajstić information content (AvgIpc) is 2.05. The Hall–Kier alpha value is -0.740. The molecule has 0 aromatic heterocycles. The van der Waals surface area contributed by atoms with Gasteiger partial charge in [-0.05, 0) is 19.8 Å². The molecule has 0 atom stereocenters. The van der Waals surface area contributed by atoms with Crippen LogP contribution in [0.3, 0.4) is 0 Å². The van der Waals surface area contributed by atoms with Crippen LogP contribution in [-0.2, 0) is 0 Å². The zero-order valence-electron chi connectivity index (χ0n) is 8.06. The molecule has 0 rings (SSSR count). The first-order chi connectivity index (χ1) is 5.81. The van der Waals surface area contributed by atoms with Gasteiger partial charge in [-0.1, -0.05) is 18.6 Å². The molecule has 0 heterocycles. The second-order valence-electron chi connectivity index (χ2n) is 2.77. The van der Waals surface area contributed by atoms with Gasteiger partial charge in [0.25, 0.3) is 0 Å². The fourth-order valence-electron chi connectivity index (χ4n) is 0.883. The molecule has 12 heavy (non-hydrogen) atoms. The Morgan fingerprint density at radius 2 is 2.17 bits per heavy atom. The van der Waals surface area contributed by atoms with E-state index < -0.39 is 0 Å². The van der Waals surface area contributed by atoms with E-state index in [9.17, 15) is 0 Å². The van der Waals surface area contributed by atoms with Crippen LogP contribution in [0.2, 0.25) is 0 Å². The van der Waals surface area contributed by atoms with Gasteiger partial charge in [0.15, 0.2) is 0 Å². The van der Waals surface area contributed by atoms with Gasteiger partial charge in [-0.25, -0.2) is 0 Å². The fraction of sp³-hybridized carbons (Fsp3) is 0.636. The minimum absolute atomic E-state index is 0.253. The molecule has 0 aliphatic carbocycles. The van der Waals surface area contributed by atoms with Gasteiger partial charge in [0.2, 0.25) is 0 Å². The zero-order valence-corrected chi connectivity index (χ0v) is 8.06. The topological polar surface area (TPSA) is 20.2 Å². The van der Waals surface area contributed by atoms with E-state index >= 15 is 0 Å². The van der Waals surface area contributed by atoms with Crippen molar-refractivity contribution in [2.45, 2.75) is 39.5 Å². The van der Waals surface area contributed by atoms with Crippen molar-refractivity contribution in [2.75, 3.05) is 6.61 Å². The van der Waals surface area contributed by atoms with Crippen LogP contribution < -0.4 is 0 Å². The zero-order chi connectivity index (χ0) is 9.23. The van der Waals surface area contributed by atoms with Crippen molar-refractivity contribution in [1.29, 1.82) is 0 Å². The average molecular weight is 166 g/mol. The van der Waals surface area contributed by atoms with Crippen LogP contribution in [0, 0.1) is 11.8 Å². The van der Waals surface area contributed by atoms with E-state index in [0.29, 0.717) is 0 Å². The molecule has 1 N–H and O–H groups in total. The number of allylic oxidation sites excluding steroid dienone is 1. The van der Waals surface area contributed by atoms with Crippen LogP contribution >= 0.6 is 0 Å². The summed E-state index contributed by atoms with van der Waals surface area (Å²) in [5, 5.41) is 8.61. The summed E-state index contributed by atoms with van der Waals surface area (Å²) in [5.41, 5.74) is 1.26. The third-order valence-corrected chi connectivity index (χ3v) is 1.57. The highest BCUT2D eigenvalue weighted by atomic mass is 16.2. The maximum absolute atomic E-state index is 8.61. The molecule has 0 saturated carbocycles. The van der Waals surface area contributed by atoms with Crippen LogP contribution in [-0.4, -0.2) is 11.7 Å². The highest BCUT2D eigenvalue weighted by Gasteiger charge is 1.85. The first-order valence-corrected chi connectivity index (χ1v) is 4.53. The van der Waals surface area contributed by atoms with Gasteiger partial charge >= 0.3 is 0 Å². The molecule has 0 aliphatic rings. The molecule has 68 valence electrons. The van der Waals surface area contributed by atoms with Gasteiger partial charge in [0.05, 0.1) is 0 Å². The Bertz CT molecular complexity index is 181. The number of unbranched alkanes of at least 4 members (excludes halogenated alkanes) is 1. The summed E-state index contributed by atoms with van der Waals surface area (Å²) in [7, 11) is 0. The second-order valence-corrected chi connectivity index (χ2v) is 2.77. The van der Waals surface area contributed by atoms with Crippen molar-refractivity contribution in [3.05, 3.63) is 11.6 Å². The van der Waals surface area contributed by atoms with E-state index in [0.717, 1.165) is 25.7 Å². The summed E-state index contributed by atoms with van der Waals surface area (Å²) < 4.78 is 0. The summed E-state index contributed by atoms with van der Waals surface area (Å²) in [4.78, 5) is 0. The molecule has 0 bridgehead atoms. The van der Waals surface area contributed by atoms with E-state index in [4.69, 9.17) is 5.11 Å². The molecular weight excluding hydrogens is 148 g/mol. The predicted molar refractivity (Wildman–Crippen MR) is 52.8 cm³/mol. The Kier molecular flexibility index (Phi) is 7.84. The summed E-state index contributed by atoms with van der Waals surface area (Å²) in [5.74, 6) is 6.10. The van der Waals surface area contributed by atoms with Crippen LogP contribution in [0.5, 0.6) is 0 Å². The van der Waals surface area contributed by atoms with Gasteiger partial charge in [0, 0.05) is 19.4 Å². The van der Waals surface area contributed by atoms with Crippen LogP contribution in [0.4, 0.5) is 0 Å². The van der Waals surface area contributed by atoms with E-state index in [2.05, 4.69) is 24.8 Å². The van der Waals surface area contributed by atoms with Crippen molar-refractivity contribution in [3.8, 4) is 11.8 Å². The maximum atomic E-state index is 8.61. The van der Waals surface area contributed by atoms with Crippen molar-refractivity contribution in [2.24, 2.45) is 0 Å². The number of aliphatic hydroxyl groups is 1. The monoisotopic (exact) mass is 166 g/mol. The summed E-state index contributed by atoms with van der Waals surface area (Å²) >= 11 is 0. The van der Waals surface area contributed by atoms with E-state index in [1.54, 1.807) is 0 Å². The number of rotatable bonds is 4. The first kappa shape index (κ1) is 11.3. The summed E-state index contributed by atoms with van der Waals surface area (Å²) in [6.45, 7) is 4.35. The molecule has 0 amide bonds. The molecule has 0 aromatic carbocycles. The molecule has 1 nitrogen and oxygen atoms in total. The van der Waals surface area contributed by atoms with E-state index in [-0.39, 0.29) is 6.61 Å². The molecule has 0 aliphatic heterocycles. The number of aliphatic hydroxyl groups excluding tert-OH is 1. The molecule has 0 spiro atoms. The largest absolute Gasteiger partial charge is 0.396 e. The number of hydrogen-bond donors (Lipinski definition) is 1. The van der Waals surface area contributed by atoms with Crippen LogP contribution in [0.25, 0.3) is 0 Å². The molecule has 0 unspecified atom stereocenters. The van der Waals surface area contributed by atoms with Gasteiger partial charge < -0.3 is 5.11 Å². The fourth-order valence-corrected chi connectivity index (χ4v) is 0.883. The highest BCUT2D eigenvalue weighted by Crippen LogP contribution is 2.01. The Morgan fingerprint density at radius 1 is 1.42 bits per heavy atom. The van der Waals surface area contributed by atoms with Crippen molar-refractivity contribution in [1.82, 2.24) is 0 Å². The number of hydrogen-bond acceptors (Lipinski definition) is 1. The van der Waals surface area contributed by atoms with E-state index in [1.165, 1.54) is 5.57 Å². The Morgan fingerprint density at radius 3 is 2.75 bits per heavy atom.